The van der Waals surface area contributed by atoms with E-state index < -0.39 is 17.8 Å². The average Bonchev–Trinajstić information content (AvgIpc) is 2.77. The minimum atomic E-state index is -1.15. The second kappa shape index (κ2) is 8.50. The Hall–Kier alpha value is -4.00. The highest BCUT2D eigenvalue weighted by Crippen LogP contribution is 2.33. The number of aromatic nitrogens is 1. The molecule has 0 saturated heterocycles. The van der Waals surface area contributed by atoms with Gasteiger partial charge in [0.15, 0.2) is 11.1 Å². The number of rotatable bonds is 5. The Morgan fingerprint density at radius 2 is 1.85 bits per heavy atom. The maximum absolute atomic E-state index is 14.5. The molecule has 168 valence electrons. The van der Waals surface area contributed by atoms with Crippen molar-refractivity contribution in [1.29, 1.82) is 0 Å². The van der Waals surface area contributed by atoms with E-state index in [1.165, 1.54) is 6.07 Å². The van der Waals surface area contributed by atoms with Gasteiger partial charge in [0.25, 0.3) is 0 Å². The molecule has 0 aliphatic heterocycles. The largest absolute Gasteiger partial charge is 0.476 e. The average molecular weight is 446 g/mol. The van der Waals surface area contributed by atoms with Crippen LogP contribution in [0.1, 0.15) is 45.8 Å². The van der Waals surface area contributed by atoms with Gasteiger partial charge in [0.2, 0.25) is 0 Å². The highest BCUT2D eigenvalue weighted by atomic mass is 19.1. The van der Waals surface area contributed by atoms with Crippen LogP contribution in [-0.2, 0) is 0 Å². The van der Waals surface area contributed by atoms with Crippen LogP contribution in [-0.4, -0.2) is 16.1 Å². The zero-order chi connectivity index (χ0) is 23.9. The Kier molecular flexibility index (Phi) is 5.72. The molecular formula is C26H23FN2O4. The van der Waals surface area contributed by atoms with Crippen molar-refractivity contribution >= 4 is 22.6 Å². The lowest BCUT2D eigenvalue weighted by atomic mass is 9.98. The van der Waals surface area contributed by atoms with Gasteiger partial charge in [0.05, 0.1) is 22.7 Å². The first-order valence-corrected chi connectivity index (χ1v) is 10.5. The van der Waals surface area contributed by atoms with E-state index in [-0.39, 0.29) is 22.4 Å². The molecule has 2 aromatic heterocycles. The first kappa shape index (κ1) is 22.2. The zero-order valence-corrected chi connectivity index (χ0v) is 18.7. The lowest BCUT2D eigenvalue weighted by molar-refractivity contribution is 0.0691. The van der Waals surface area contributed by atoms with Gasteiger partial charge < -0.3 is 14.8 Å². The minimum Gasteiger partial charge on any atom is -0.476 e. The number of aryl methyl sites for hydroxylation is 2. The molecule has 0 bridgehead atoms. The van der Waals surface area contributed by atoms with Crippen LogP contribution < -0.4 is 10.7 Å². The first-order valence-electron chi connectivity index (χ1n) is 10.5. The molecule has 4 aromatic rings. The molecule has 2 aromatic carbocycles. The quantitative estimate of drug-likeness (QED) is 0.403. The molecule has 7 heteroatoms. The van der Waals surface area contributed by atoms with E-state index in [4.69, 9.17) is 4.42 Å². The molecule has 0 radical (unpaired) electrons. The predicted octanol–water partition coefficient (Wildman–Crippen LogP) is 5.79. The van der Waals surface area contributed by atoms with Crippen molar-refractivity contribution in [2.45, 2.75) is 33.7 Å². The Morgan fingerprint density at radius 1 is 1.12 bits per heavy atom. The van der Waals surface area contributed by atoms with E-state index in [9.17, 15) is 19.1 Å². The summed E-state index contributed by atoms with van der Waals surface area (Å²) in [6.07, 6.45) is 0. The topological polar surface area (TPSA) is 92.4 Å². The van der Waals surface area contributed by atoms with Gasteiger partial charge >= 0.3 is 5.97 Å². The van der Waals surface area contributed by atoms with Crippen LogP contribution in [0.4, 0.5) is 10.1 Å². The molecule has 0 aliphatic rings. The van der Waals surface area contributed by atoms with E-state index in [1.54, 1.807) is 50.2 Å². The van der Waals surface area contributed by atoms with Crippen molar-refractivity contribution in [3.05, 3.63) is 92.6 Å². The number of nitrogens with zero attached hydrogens (tertiary/aromatic N) is 1. The highest BCUT2D eigenvalue weighted by Gasteiger charge is 2.21. The van der Waals surface area contributed by atoms with Crippen LogP contribution in [0.3, 0.4) is 0 Å². The monoisotopic (exact) mass is 446 g/mol. The molecule has 0 aliphatic carbocycles. The van der Waals surface area contributed by atoms with Crippen molar-refractivity contribution in [2.24, 2.45) is 0 Å². The number of carboxylic acid groups (broad SMARTS) is 1. The number of nitrogens with one attached hydrogen (secondary N) is 1. The lowest BCUT2D eigenvalue weighted by Gasteiger charge is -2.20. The molecule has 4 rings (SSSR count). The van der Waals surface area contributed by atoms with Crippen LogP contribution in [0, 0.1) is 26.6 Å². The Labute approximate surface area is 189 Å². The van der Waals surface area contributed by atoms with Crippen molar-refractivity contribution in [1.82, 2.24) is 4.98 Å². The minimum absolute atomic E-state index is 0.0943. The number of anilines is 1. The van der Waals surface area contributed by atoms with Crippen LogP contribution in [0.5, 0.6) is 0 Å². The molecule has 0 saturated carbocycles. The number of benzene rings is 2. The molecule has 2 heterocycles. The standard InChI is InChI=1S/C26H23FN2O4/c1-13-11-18(16(4)29-21-10-9-14(2)28-22(21)26(31)32)25-19(12-13)23(30)15(3)24(33-25)17-7-5-6-8-20(17)27/h5-12,16,29H,1-4H3,(H,31,32)/t16-/m1/s1. The summed E-state index contributed by atoms with van der Waals surface area (Å²) in [4.78, 5) is 29.0. The van der Waals surface area contributed by atoms with Gasteiger partial charge in [-0.2, -0.15) is 0 Å². The van der Waals surface area contributed by atoms with Crippen LogP contribution >= 0.6 is 0 Å². The van der Waals surface area contributed by atoms with Gasteiger partial charge in [-0.05, 0) is 63.6 Å². The van der Waals surface area contributed by atoms with Gasteiger partial charge in [0, 0.05) is 16.8 Å². The summed E-state index contributed by atoms with van der Waals surface area (Å²) in [7, 11) is 0. The van der Waals surface area contributed by atoms with Crippen molar-refractivity contribution in [3.8, 4) is 11.3 Å². The third-order valence-corrected chi connectivity index (χ3v) is 5.59. The summed E-state index contributed by atoms with van der Waals surface area (Å²) < 4.78 is 20.7. The van der Waals surface area contributed by atoms with Gasteiger partial charge in [-0.3, -0.25) is 4.79 Å². The van der Waals surface area contributed by atoms with E-state index in [2.05, 4.69) is 10.3 Å². The Bertz CT molecular complexity index is 1460. The third-order valence-electron chi connectivity index (χ3n) is 5.59. The number of carboxylic acids is 1. The highest BCUT2D eigenvalue weighted by molar-refractivity contribution is 5.92. The number of halogens is 1. The number of fused-ring (bicyclic) bond motifs is 1. The summed E-state index contributed by atoms with van der Waals surface area (Å²) in [5.41, 5.74) is 2.94. The van der Waals surface area contributed by atoms with E-state index in [0.29, 0.717) is 33.5 Å². The van der Waals surface area contributed by atoms with Crippen LogP contribution in [0.15, 0.2) is 57.7 Å². The zero-order valence-electron chi connectivity index (χ0n) is 18.7. The number of hydrogen-bond donors (Lipinski definition) is 2. The number of carbonyl (C=O) groups is 1. The maximum Gasteiger partial charge on any atom is 0.356 e. The fourth-order valence-corrected chi connectivity index (χ4v) is 3.94. The van der Waals surface area contributed by atoms with Crippen molar-refractivity contribution < 1.29 is 18.7 Å². The summed E-state index contributed by atoms with van der Waals surface area (Å²) in [5, 5.41) is 13.1. The summed E-state index contributed by atoms with van der Waals surface area (Å²) in [6, 6.07) is 12.7. The normalized spacial score (nSPS) is 12.0. The second-order valence-corrected chi connectivity index (χ2v) is 8.12. The van der Waals surface area contributed by atoms with Gasteiger partial charge in [-0.15, -0.1) is 0 Å². The first-order chi connectivity index (χ1) is 15.7. The van der Waals surface area contributed by atoms with Gasteiger partial charge in [0.1, 0.15) is 17.2 Å². The van der Waals surface area contributed by atoms with E-state index in [0.717, 1.165) is 5.56 Å². The molecule has 0 amide bonds. The summed E-state index contributed by atoms with van der Waals surface area (Å²) >= 11 is 0. The maximum atomic E-state index is 14.5. The summed E-state index contributed by atoms with van der Waals surface area (Å²) in [6.45, 7) is 7.04. The molecule has 0 fully saturated rings. The van der Waals surface area contributed by atoms with Crippen molar-refractivity contribution in [3.63, 3.8) is 0 Å². The molecule has 0 unspecified atom stereocenters. The van der Waals surface area contributed by atoms with Gasteiger partial charge in [-0.1, -0.05) is 18.2 Å². The summed E-state index contributed by atoms with van der Waals surface area (Å²) in [5.74, 6) is -1.46. The van der Waals surface area contributed by atoms with E-state index in [1.807, 2.05) is 19.9 Å². The van der Waals surface area contributed by atoms with Gasteiger partial charge in [-0.25, -0.2) is 14.2 Å². The third kappa shape index (κ3) is 4.09. The SMILES string of the molecule is Cc1cc([C@@H](C)Nc2ccc(C)nc2C(=O)O)c2oc(-c3ccccc3F)c(C)c(=O)c2c1. The lowest BCUT2D eigenvalue weighted by Crippen LogP contribution is -2.15. The molecule has 2 N–H and O–H groups in total. The molecular weight excluding hydrogens is 423 g/mol. The Balaban J connectivity index is 1.90. The van der Waals surface area contributed by atoms with E-state index >= 15 is 0 Å². The molecule has 6 nitrogen and oxygen atoms in total. The Morgan fingerprint density at radius 3 is 2.55 bits per heavy atom. The number of hydrogen-bond acceptors (Lipinski definition) is 5. The molecule has 33 heavy (non-hydrogen) atoms. The van der Waals surface area contributed by atoms with Crippen molar-refractivity contribution in [2.75, 3.05) is 5.32 Å². The fraction of sp³-hybridized carbons (Fsp3) is 0.192. The predicted molar refractivity (Wildman–Crippen MR) is 125 cm³/mol. The van der Waals surface area contributed by atoms with Crippen LogP contribution in [0.25, 0.3) is 22.3 Å². The smallest absolute Gasteiger partial charge is 0.356 e. The number of pyridine rings is 1. The van der Waals surface area contributed by atoms with Crippen LogP contribution in [0.2, 0.25) is 0 Å². The molecule has 0 spiro atoms. The second-order valence-electron chi connectivity index (χ2n) is 8.12. The number of aromatic carboxylic acids is 1. The molecule has 1 atom stereocenters. The fourth-order valence-electron chi connectivity index (χ4n) is 3.94.